The van der Waals surface area contributed by atoms with Gasteiger partial charge in [0.05, 0.1) is 18.3 Å². The number of hydrogen-bond donors (Lipinski definition) is 2. The van der Waals surface area contributed by atoms with Crippen molar-refractivity contribution < 1.29 is 9.47 Å². The van der Waals surface area contributed by atoms with Crippen molar-refractivity contribution in [1.82, 2.24) is 5.43 Å². The fourth-order valence-electron chi connectivity index (χ4n) is 1.27. The molecule has 0 aliphatic heterocycles. The van der Waals surface area contributed by atoms with Gasteiger partial charge in [0.15, 0.2) is 16.6 Å². The van der Waals surface area contributed by atoms with Crippen molar-refractivity contribution in [3.63, 3.8) is 0 Å². The van der Waals surface area contributed by atoms with Crippen molar-refractivity contribution in [2.45, 2.75) is 0 Å². The third-order valence-electron chi connectivity index (χ3n) is 1.99. The van der Waals surface area contributed by atoms with Crippen molar-refractivity contribution >= 4 is 35.1 Å². The van der Waals surface area contributed by atoms with Crippen LogP contribution in [-0.2, 0) is 0 Å². The van der Waals surface area contributed by atoms with E-state index in [2.05, 4.69) is 29.3 Å². The Morgan fingerprint density at radius 2 is 2.37 bits per heavy atom. The highest BCUT2D eigenvalue weighted by Gasteiger charge is 2.10. The first kappa shape index (κ1) is 15.3. The van der Waals surface area contributed by atoms with E-state index in [1.807, 2.05) is 0 Å². The zero-order valence-corrected chi connectivity index (χ0v) is 11.9. The maximum absolute atomic E-state index is 6.12. The first-order valence-electron chi connectivity index (χ1n) is 5.28. The minimum Gasteiger partial charge on any atom is -0.493 e. The molecule has 1 rings (SSSR count). The Kier molecular flexibility index (Phi) is 6.11. The van der Waals surface area contributed by atoms with Crippen LogP contribution in [0.25, 0.3) is 0 Å². The number of benzene rings is 1. The summed E-state index contributed by atoms with van der Waals surface area (Å²) in [6, 6.07) is 3.42. The van der Waals surface area contributed by atoms with Gasteiger partial charge >= 0.3 is 0 Å². The molecule has 0 spiro atoms. The highest BCUT2D eigenvalue weighted by Crippen LogP contribution is 2.35. The normalized spacial score (nSPS) is 10.2. The van der Waals surface area contributed by atoms with Crippen LogP contribution in [0, 0.1) is 0 Å². The Morgan fingerprint density at radius 3 is 2.95 bits per heavy atom. The molecule has 0 aliphatic carbocycles. The predicted octanol–water partition coefficient (Wildman–Crippen LogP) is 2.08. The fourth-order valence-corrected chi connectivity index (χ4v) is 1.59. The van der Waals surface area contributed by atoms with Gasteiger partial charge in [-0.2, -0.15) is 5.10 Å². The molecule has 0 heterocycles. The number of nitrogens with one attached hydrogen (secondary N) is 1. The second-order valence-electron chi connectivity index (χ2n) is 3.37. The summed E-state index contributed by atoms with van der Waals surface area (Å²) in [5.74, 6) is 0.967. The van der Waals surface area contributed by atoms with Gasteiger partial charge in [-0.1, -0.05) is 24.3 Å². The van der Waals surface area contributed by atoms with Gasteiger partial charge in [-0.25, -0.2) is 0 Å². The lowest BCUT2D eigenvalue weighted by Gasteiger charge is -2.11. The molecule has 0 unspecified atom stereocenters. The first-order chi connectivity index (χ1) is 9.08. The number of hydrogen-bond acceptors (Lipinski definition) is 4. The van der Waals surface area contributed by atoms with Gasteiger partial charge in [0.1, 0.15) is 6.61 Å². The van der Waals surface area contributed by atoms with E-state index < -0.39 is 0 Å². The first-order valence-corrected chi connectivity index (χ1v) is 6.06. The van der Waals surface area contributed by atoms with Crippen LogP contribution in [0.3, 0.4) is 0 Å². The van der Waals surface area contributed by atoms with Crippen LogP contribution in [-0.4, -0.2) is 25.0 Å². The molecule has 0 saturated carbocycles. The van der Waals surface area contributed by atoms with Crippen LogP contribution < -0.4 is 20.6 Å². The summed E-state index contributed by atoms with van der Waals surface area (Å²) in [6.45, 7) is 3.91. The number of methoxy groups -OCH3 is 1. The number of thiocarbonyl (C=S) groups is 1. The summed E-state index contributed by atoms with van der Waals surface area (Å²) in [4.78, 5) is 0. The van der Waals surface area contributed by atoms with Crippen molar-refractivity contribution in [2.75, 3.05) is 13.7 Å². The van der Waals surface area contributed by atoms with E-state index >= 15 is 0 Å². The average molecular weight is 300 g/mol. The molecule has 0 radical (unpaired) electrons. The SMILES string of the molecule is C=CCOc1c(Cl)cc(/C=N/NC(N)=S)cc1OC. The van der Waals surface area contributed by atoms with E-state index in [0.717, 1.165) is 5.56 Å². The molecule has 0 bridgehead atoms. The standard InChI is InChI=1S/C12H14ClN3O2S/c1-3-4-18-11-9(13)5-8(6-10(11)17-2)7-15-16-12(14)19/h3,5-7H,1,4H2,2H3,(H3,14,16,19)/b15-7+. The van der Waals surface area contributed by atoms with Gasteiger partial charge in [0.2, 0.25) is 0 Å². The molecule has 0 aromatic heterocycles. The van der Waals surface area contributed by atoms with Gasteiger partial charge in [-0.15, -0.1) is 0 Å². The Hall–Kier alpha value is -1.79. The zero-order chi connectivity index (χ0) is 14.3. The molecular weight excluding hydrogens is 286 g/mol. The summed E-state index contributed by atoms with van der Waals surface area (Å²) in [5, 5.41) is 4.34. The third-order valence-corrected chi connectivity index (χ3v) is 2.36. The van der Waals surface area contributed by atoms with Gasteiger partial charge < -0.3 is 15.2 Å². The van der Waals surface area contributed by atoms with Crippen LogP contribution in [0.15, 0.2) is 29.9 Å². The van der Waals surface area contributed by atoms with E-state index in [1.54, 1.807) is 18.2 Å². The van der Waals surface area contributed by atoms with Crippen LogP contribution in [0.2, 0.25) is 5.02 Å². The lowest BCUT2D eigenvalue weighted by atomic mass is 10.2. The lowest BCUT2D eigenvalue weighted by Crippen LogP contribution is -2.23. The summed E-state index contributed by atoms with van der Waals surface area (Å²) < 4.78 is 10.6. The van der Waals surface area contributed by atoms with E-state index in [-0.39, 0.29) is 5.11 Å². The van der Waals surface area contributed by atoms with Gasteiger partial charge in [-0.05, 0) is 29.9 Å². The van der Waals surface area contributed by atoms with Gasteiger partial charge in [0, 0.05) is 0 Å². The second-order valence-corrected chi connectivity index (χ2v) is 4.22. The topological polar surface area (TPSA) is 68.9 Å². The number of halogens is 1. The maximum atomic E-state index is 6.12. The molecule has 5 nitrogen and oxygen atoms in total. The molecule has 0 aliphatic rings. The molecular formula is C12H14ClN3O2S. The second kappa shape index (κ2) is 7.60. The van der Waals surface area contributed by atoms with Gasteiger partial charge in [-0.3, -0.25) is 5.43 Å². The van der Waals surface area contributed by atoms with Crippen LogP contribution in [0.1, 0.15) is 5.56 Å². The third kappa shape index (κ3) is 4.76. The van der Waals surface area contributed by atoms with Crippen molar-refractivity contribution in [2.24, 2.45) is 10.8 Å². The summed E-state index contributed by atoms with van der Waals surface area (Å²) in [5.41, 5.74) is 8.42. The molecule has 0 saturated heterocycles. The Balaban J connectivity index is 2.98. The van der Waals surface area contributed by atoms with Crippen molar-refractivity contribution in [1.29, 1.82) is 0 Å². The molecule has 0 atom stereocenters. The molecule has 3 N–H and O–H groups in total. The summed E-state index contributed by atoms with van der Waals surface area (Å²) in [7, 11) is 1.53. The minimum absolute atomic E-state index is 0.0836. The molecule has 1 aromatic rings. The van der Waals surface area contributed by atoms with E-state index in [0.29, 0.717) is 23.1 Å². The van der Waals surface area contributed by atoms with E-state index in [4.69, 9.17) is 26.8 Å². The number of nitrogens with zero attached hydrogens (tertiary/aromatic N) is 1. The Labute approximate surface area is 122 Å². The molecule has 1 aromatic carbocycles. The van der Waals surface area contributed by atoms with Crippen LogP contribution in [0.4, 0.5) is 0 Å². The minimum atomic E-state index is 0.0836. The van der Waals surface area contributed by atoms with Gasteiger partial charge in [0.25, 0.3) is 0 Å². The largest absolute Gasteiger partial charge is 0.493 e. The number of ether oxygens (including phenoxy) is 2. The number of hydrazone groups is 1. The predicted molar refractivity (Wildman–Crippen MR) is 81.2 cm³/mol. The molecule has 0 fully saturated rings. The molecule has 102 valence electrons. The zero-order valence-electron chi connectivity index (χ0n) is 10.4. The van der Waals surface area contributed by atoms with Crippen molar-refractivity contribution in [3.8, 4) is 11.5 Å². The lowest BCUT2D eigenvalue weighted by molar-refractivity contribution is 0.326. The van der Waals surface area contributed by atoms with Crippen molar-refractivity contribution in [3.05, 3.63) is 35.4 Å². The van der Waals surface area contributed by atoms with E-state index in [9.17, 15) is 0 Å². The smallest absolute Gasteiger partial charge is 0.184 e. The molecule has 7 heteroatoms. The maximum Gasteiger partial charge on any atom is 0.184 e. The molecule has 0 amide bonds. The monoisotopic (exact) mass is 299 g/mol. The Bertz CT molecular complexity index is 506. The average Bonchev–Trinajstić information content (AvgIpc) is 2.36. The summed E-state index contributed by atoms with van der Waals surface area (Å²) in [6.07, 6.45) is 3.14. The highest BCUT2D eigenvalue weighted by molar-refractivity contribution is 7.80. The number of nitrogens with two attached hydrogens (primary N) is 1. The number of rotatable bonds is 6. The van der Waals surface area contributed by atoms with Crippen LogP contribution >= 0.6 is 23.8 Å². The van der Waals surface area contributed by atoms with Crippen LogP contribution in [0.5, 0.6) is 11.5 Å². The van der Waals surface area contributed by atoms with E-state index in [1.165, 1.54) is 13.3 Å². The highest BCUT2D eigenvalue weighted by atomic mass is 35.5. The Morgan fingerprint density at radius 1 is 1.63 bits per heavy atom. The summed E-state index contributed by atoms with van der Waals surface area (Å²) >= 11 is 10.7. The molecule has 19 heavy (non-hydrogen) atoms. The fraction of sp³-hybridized carbons (Fsp3) is 0.167. The quantitative estimate of drug-likeness (QED) is 0.364.